The molecule has 0 radical (unpaired) electrons. The van der Waals surface area contributed by atoms with E-state index in [9.17, 15) is 13.2 Å². The van der Waals surface area contributed by atoms with Crippen LogP contribution >= 0.6 is 22.7 Å². The van der Waals surface area contributed by atoms with Crippen LogP contribution in [0.5, 0.6) is 0 Å². The Kier molecular flexibility index (Phi) is 4.82. The highest BCUT2D eigenvalue weighted by atomic mass is 32.1. The number of halogens is 3. The van der Waals surface area contributed by atoms with Gasteiger partial charge in [0.2, 0.25) is 0 Å². The fourth-order valence-electron chi connectivity index (χ4n) is 1.84. The minimum absolute atomic E-state index is 0.209. The topological polar surface area (TPSA) is 24.9 Å². The van der Waals surface area contributed by atoms with Crippen molar-refractivity contribution >= 4 is 22.7 Å². The fourth-order valence-corrected chi connectivity index (χ4v) is 3.84. The quantitative estimate of drug-likeness (QED) is 0.878. The Morgan fingerprint density at radius 2 is 1.95 bits per heavy atom. The molecular weight excluding hydrogens is 305 g/mol. The normalized spacial score (nSPS) is 13.7. The van der Waals surface area contributed by atoms with Gasteiger partial charge in [-0.05, 0) is 25.1 Å². The first-order valence-electron chi connectivity index (χ1n) is 6.30. The van der Waals surface area contributed by atoms with Crippen molar-refractivity contribution < 1.29 is 13.2 Å². The largest absolute Gasteiger partial charge is 0.443 e. The smallest absolute Gasteiger partial charge is 0.305 e. The maximum Gasteiger partial charge on any atom is 0.443 e. The van der Waals surface area contributed by atoms with E-state index in [1.807, 2.05) is 19.1 Å². The lowest BCUT2D eigenvalue weighted by Crippen LogP contribution is -2.20. The van der Waals surface area contributed by atoms with Crippen molar-refractivity contribution in [2.75, 3.05) is 6.54 Å². The summed E-state index contributed by atoms with van der Waals surface area (Å²) in [6.45, 7) is 4.68. The Morgan fingerprint density at radius 1 is 1.20 bits per heavy atom. The average molecular weight is 320 g/mol. The minimum Gasteiger partial charge on any atom is -0.305 e. The number of hydrogen-bond donors (Lipinski definition) is 1. The molecule has 0 spiro atoms. The number of rotatable bonds is 5. The van der Waals surface area contributed by atoms with Crippen LogP contribution in [0.4, 0.5) is 13.2 Å². The summed E-state index contributed by atoms with van der Waals surface area (Å²) in [4.78, 5) is 6.36. The van der Waals surface area contributed by atoms with E-state index in [2.05, 4.69) is 17.2 Å². The molecule has 2 rings (SSSR count). The summed E-state index contributed by atoms with van der Waals surface area (Å²) in [5, 5.41) is 2.44. The Hall–Kier alpha value is -0.920. The molecule has 20 heavy (non-hydrogen) atoms. The van der Waals surface area contributed by atoms with Crippen LogP contribution < -0.4 is 5.32 Å². The second kappa shape index (κ2) is 6.24. The van der Waals surface area contributed by atoms with Gasteiger partial charge in [0.1, 0.15) is 0 Å². The number of nitrogens with zero attached hydrogens (tertiary/aromatic N) is 1. The lowest BCUT2D eigenvalue weighted by Gasteiger charge is -2.14. The number of thiophene rings is 1. The highest BCUT2D eigenvalue weighted by Crippen LogP contribution is 2.37. The Balaban J connectivity index is 2.30. The minimum atomic E-state index is -4.37. The van der Waals surface area contributed by atoms with Gasteiger partial charge in [-0.3, -0.25) is 0 Å². The second-order valence-corrected chi connectivity index (χ2v) is 6.48. The van der Waals surface area contributed by atoms with Crippen LogP contribution in [0.25, 0.3) is 0 Å². The van der Waals surface area contributed by atoms with Gasteiger partial charge in [0.15, 0.2) is 5.01 Å². The molecule has 110 valence electrons. The summed E-state index contributed by atoms with van der Waals surface area (Å²) in [5.41, 5.74) is 0. The summed E-state index contributed by atoms with van der Waals surface area (Å²) in [6.07, 6.45) is -2.12. The monoisotopic (exact) mass is 320 g/mol. The molecule has 0 aromatic carbocycles. The summed E-state index contributed by atoms with van der Waals surface area (Å²) in [7, 11) is 0. The molecule has 0 saturated carbocycles. The molecule has 7 heteroatoms. The van der Waals surface area contributed by atoms with Crippen LogP contribution in [0, 0.1) is 0 Å². The lowest BCUT2D eigenvalue weighted by molar-refractivity contribution is -0.137. The van der Waals surface area contributed by atoms with Gasteiger partial charge >= 0.3 is 6.18 Å². The molecular formula is C13H15F3N2S2. The second-order valence-electron chi connectivity index (χ2n) is 4.21. The maximum atomic E-state index is 12.6. The standard InChI is InChI=1S/C13H15F3N2S2/c1-3-8-5-6-9(19-8)11(17-4-2)10-7-18-12(20-10)13(14,15)16/h5-7,11,17H,3-4H2,1-2H3. The third kappa shape index (κ3) is 3.39. The van der Waals surface area contributed by atoms with Crippen LogP contribution in [-0.2, 0) is 12.6 Å². The molecule has 2 aromatic rings. The number of thiazole rings is 1. The van der Waals surface area contributed by atoms with Crippen molar-refractivity contribution in [3.8, 4) is 0 Å². The van der Waals surface area contributed by atoms with E-state index in [-0.39, 0.29) is 6.04 Å². The van der Waals surface area contributed by atoms with Gasteiger partial charge in [0, 0.05) is 20.8 Å². The zero-order valence-electron chi connectivity index (χ0n) is 11.1. The maximum absolute atomic E-state index is 12.6. The van der Waals surface area contributed by atoms with Gasteiger partial charge in [-0.1, -0.05) is 13.8 Å². The highest BCUT2D eigenvalue weighted by Gasteiger charge is 2.35. The van der Waals surface area contributed by atoms with Crippen LogP contribution in [-0.4, -0.2) is 11.5 Å². The van der Waals surface area contributed by atoms with E-state index in [0.29, 0.717) is 22.8 Å². The molecule has 0 aliphatic carbocycles. The zero-order chi connectivity index (χ0) is 14.8. The Morgan fingerprint density at radius 3 is 2.45 bits per heavy atom. The molecule has 0 saturated heterocycles. The van der Waals surface area contributed by atoms with Gasteiger partial charge in [0.25, 0.3) is 0 Å². The zero-order valence-corrected chi connectivity index (χ0v) is 12.8. The molecule has 2 aromatic heterocycles. The number of nitrogens with one attached hydrogen (secondary N) is 1. The molecule has 0 bridgehead atoms. The van der Waals surface area contributed by atoms with E-state index in [1.165, 1.54) is 11.1 Å². The predicted molar refractivity (Wildman–Crippen MR) is 76.3 cm³/mol. The van der Waals surface area contributed by atoms with E-state index >= 15 is 0 Å². The lowest BCUT2D eigenvalue weighted by atomic mass is 10.2. The molecule has 0 aliphatic rings. The predicted octanol–water partition coefficient (Wildman–Crippen LogP) is 4.48. The first-order valence-corrected chi connectivity index (χ1v) is 7.93. The van der Waals surface area contributed by atoms with Crippen molar-refractivity contribution in [1.82, 2.24) is 10.3 Å². The van der Waals surface area contributed by atoms with Gasteiger partial charge < -0.3 is 5.32 Å². The van der Waals surface area contributed by atoms with Crippen molar-refractivity contribution in [3.63, 3.8) is 0 Å². The average Bonchev–Trinajstić information content (AvgIpc) is 3.04. The molecule has 2 nitrogen and oxygen atoms in total. The first-order chi connectivity index (χ1) is 9.45. The summed E-state index contributed by atoms with van der Waals surface area (Å²) >= 11 is 2.34. The Labute approximate surface area is 123 Å². The molecule has 1 N–H and O–H groups in total. The van der Waals surface area contributed by atoms with Gasteiger partial charge in [0.05, 0.1) is 6.04 Å². The molecule has 2 heterocycles. The third-order valence-electron chi connectivity index (χ3n) is 2.77. The molecule has 0 aliphatic heterocycles. The van der Waals surface area contributed by atoms with Crippen molar-refractivity contribution in [2.45, 2.75) is 32.5 Å². The van der Waals surface area contributed by atoms with E-state index in [1.54, 1.807) is 11.3 Å². The van der Waals surface area contributed by atoms with Crippen LogP contribution in [0.2, 0.25) is 0 Å². The van der Waals surface area contributed by atoms with Crippen LogP contribution in [0.1, 0.15) is 39.5 Å². The first kappa shape index (κ1) is 15.5. The fraction of sp³-hybridized carbons (Fsp3) is 0.462. The Bertz CT molecular complexity index is 560. The summed E-state index contributed by atoms with van der Waals surface area (Å²) in [6, 6.07) is 3.79. The summed E-state index contributed by atoms with van der Waals surface area (Å²) in [5.74, 6) is 0. The van der Waals surface area contributed by atoms with Gasteiger partial charge in [-0.15, -0.1) is 22.7 Å². The number of alkyl halides is 3. The van der Waals surface area contributed by atoms with Crippen molar-refractivity contribution in [2.24, 2.45) is 0 Å². The number of hydrogen-bond acceptors (Lipinski definition) is 4. The van der Waals surface area contributed by atoms with E-state index in [0.717, 1.165) is 11.3 Å². The SMILES string of the molecule is CCNC(c1ccc(CC)s1)c1cnc(C(F)(F)F)s1. The number of aromatic nitrogens is 1. The van der Waals surface area contributed by atoms with E-state index in [4.69, 9.17) is 0 Å². The molecule has 0 fully saturated rings. The van der Waals surface area contributed by atoms with Crippen molar-refractivity contribution in [1.29, 1.82) is 0 Å². The summed E-state index contributed by atoms with van der Waals surface area (Å²) < 4.78 is 37.9. The van der Waals surface area contributed by atoms with Gasteiger partial charge in [-0.2, -0.15) is 13.2 Å². The molecule has 1 unspecified atom stereocenters. The highest BCUT2D eigenvalue weighted by molar-refractivity contribution is 7.13. The number of aryl methyl sites for hydroxylation is 1. The van der Waals surface area contributed by atoms with Crippen molar-refractivity contribution in [3.05, 3.63) is 38.0 Å². The van der Waals surface area contributed by atoms with Crippen LogP contribution in [0.3, 0.4) is 0 Å². The van der Waals surface area contributed by atoms with E-state index < -0.39 is 11.2 Å². The van der Waals surface area contributed by atoms with Gasteiger partial charge in [-0.25, -0.2) is 4.98 Å². The third-order valence-corrected chi connectivity index (χ3v) is 5.18. The molecule has 0 amide bonds. The van der Waals surface area contributed by atoms with Crippen LogP contribution in [0.15, 0.2) is 18.3 Å². The molecule has 1 atom stereocenters.